The molecule has 0 fully saturated rings. The van der Waals surface area contributed by atoms with Gasteiger partial charge < -0.3 is 15.2 Å². The standard InChI is InChI=1S/C17H28N6/c1-18-17(20-14-8-4-5-9-14)19-12-7-11-16-22-21-15-10-3-2-6-13-23(15)16/h4-5,14H,2-3,6-13H2,1H3,(H2,18,19,20). The molecule has 6 heteroatoms. The van der Waals surface area contributed by atoms with Gasteiger partial charge in [0, 0.05) is 39.0 Å². The minimum absolute atomic E-state index is 0.494. The zero-order valence-electron chi connectivity index (χ0n) is 14.1. The van der Waals surface area contributed by atoms with Crippen molar-refractivity contribution in [3.63, 3.8) is 0 Å². The van der Waals surface area contributed by atoms with E-state index in [2.05, 4.69) is 42.5 Å². The summed E-state index contributed by atoms with van der Waals surface area (Å²) in [6.45, 7) is 1.99. The fourth-order valence-corrected chi connectivity index (χ4v) is 3.31. The van der Waals surface area contributed by atoms with Gasteiger partial charge in [-0.15, -0.1) is 10.2 Å². The number of nitrogens with one attached hydrogen (secondary N) is 2. The number of hydrogen-bond donors (Lipinski definition) is 2. The molecule has 0 atom stereocenters. The Balaban J connectivity index is 1.41. The number of fused-ring (bicyclic) bond motifs is 1. The van der Waals surface area contributed by atoms with Crippen LogP contribution in [0.3, 0.4) is 0 Å². The molecule has 2 aliphatic rings. The van der Waals surface area contributed by atoms with Crippen LogP contribution in [0, 0.1) is 0 Å². The fourth-order valence-electron chi connectivity index (χ4n) is 3.31. The van der Waals surface area contributed by atoms with E-state index in [0.29, 0.717) is 6.04 Å². The molecule has 1 aromatic rings. The van der Waals surface area contributed by atoms with Crippen molar-refractivity contribution in [2.24, 2.45) is 4.99 Å². The van der Waals surface area contributed by atoms with Crippen molar-refractivity contribution in [3.05, 3.63) is 23.8 Å². The minimum Gasteiger partial charge on any atom is -0.356 e. The fraction of sp³-hybridized carbons (Fsp3) is 0.706. The lowest BCUT2D eigenvalue weighted by atomic mass is 10.2. The Kier molecular flexibility index (Phi) is 5.66. The van der Waals surface area contributed by atoms with E-state index in [-0.39, 0.29) is 0 Å². The molecule has 0 saturated carbocycles. The van der Waals surface area contributed by atoms with E-state index in [1.165, 1.54) is 25.1 Å². The predicted molar refractivity (Wildman–Crippen MR) is 92.6 cm³/mol. The van der Waals surface area contributed by atoms with Crippen molar-refractivity contribution in [1.82, 2.24) is 25.4 Å². The summed E-state index contributed by atoms with van der Waals surface area (Å²) in [5.41, 5.74) is 0. The first-order chi connectivity index (χ1) is 11.4. The van der Waals surface area contributed by atoms with Crippen LogP contribution >= 0.6 is 0 Å². The third kappa shape index (κ3) is 4.33. The maximum Gasteiger partial charge on any atom is 0.191 e. The Hall–Kier alpha value is -1.85. The van der Waals surface area contributed by atoms with Crippen molar-refractivity contribution < 1.29 is 0 Å². The average molecular weight is 316 g/mol. The predicted octanol–water partition coefficient (Wildman–Crippen LogP) is 1.82. The van der Waals surface area contributed by atoms with Crippen LogP contribution in [-0.4, -0.2) is 40.4 Å². The first-order valence-electron chi connectivity index (χ1n) is 8.90. The molecule has 2 N–H and O–H groups in total. The van der Waals surface area contributed by atoms with Gasteiger partial charge in [0.05, 0.1) is 0 Å². The highest BCUT2D eigenvalue weighted by molar-refractivity contribution is 5.80. The molecule has 0 aromatic carbocycles. The van der Waals surface area contributed by atoms with Crippen molar-refractivity contribution in [2.75, 3.05) is 13.6 Å². The molecule has 0 amide bonds. The number of rotatable bonds is 5. The Morgan fingerprint density at radius 2 is 2.13 bits per heavy atom. The summed E-state index contributed by atoms with van der Waals surface area (Å²) < 4.78 is 2.34. The summed E-state index contributed by atoms with van der Waals surface area (Å²) in [5, 5.41) is 15.6. The van der Waals surface area contributed by atoms with Gasteiger partial charge in [0.15, 0.2) is 5.96 Å². The zero-order valence-corrected chi connectivity index (χ0v) is 14.1. The molecule has 0 saturated heterocycles. The van der Waals surface area contributed by atoms with Gasteiger partial charge in [-0.2, -0.15) is 0 Å². The van der Waals surface area contributed by atoms with Crippen LogP contribution in [0.15, 0.2) is 17.1 Å². The van der Waals surface area contributed by atoms with Gasteiger partial charge in [-0.1, -0.05) is 18.6 Å². The van der Waals surface area contributed by atoms with E-state index in [9.17, 15) is 0 Å². The van der Waals surface area contributed by atoms with Gasteiger partial charge in [-0.25, -0.2) is 0 Å². The van der Waals surface area contributed by atoms with E-state index in [0.717, 1.165) is 57.0 Å². The Morgan fingerprint density at radius 1 is 1.26 bits per heavy atom. The van der Waals surface area contributed by atoms with Crippen molar-refractivity contribution >= 4 is 5.96 Å². The van der Waals surface area contributed by atoms with Crippen molar-refractivity contribution in [3.8, 4) is 0 Å². The van der Waals surface area contributed by atoms with Gasteiger partial charge in [0.2, 0.25) is 0 Å². The van der Waals surface area contributed by atoms with Crippen LogP contribution in [0.5, 0.6) is 0 Å². The Bertz CT molecular complexity index is 551. The number of nitrogens with zero attached hydrogens (tertiary/aromatic N) is 4. The van der Waals surface area contributed by atoms with Gasteiger partial charge >= 0.3 is 0 Å². The second kappa shape index (κ2) is 8.13. The van der Waals surface area contributed by atoms with Crippen LogP contribution in [0.4, 0.5) is 0 Å². The quantitative estimate of drug-likeness (QED) is 0.376. The smallest absolute Gasteiger partial charge is 0.191 e. The van der Waals surface area contributed by atoms with Gasteiger partial charge in [0.25, 0.3) is 0 Å². The van der Waals surface area contributed by atoms with Crippen molar-refractivity contribution in [2.45, 2.75) is 64.0 Å². The lowest BCUT2D eigenvalue weighted by Gasteiger charge is -2.16. The molecule has 1 aliphatic carbocycles. The summed E-state index contributed by atoms with van der Waals surface area (Å²) in [4.78, 5) is 4.30. The summed E-state index contributed by atoms with van der Waals surface area (Å²) in [6.07, 6.45) is 13.5. The number of aromatic nitrogens is 3. The van der Waals surface area contributed by atoms with E-state index >= 15 is 0 Å². The molecule has 2 heterocycles. The van der Waals surface area contributed by atoms with Gasteiger partial charge in [-0.05, 0) is 32.1 Å². The van der Waals surface area contributed by atoms with Crippen molar-refractivity contribution in [1.29, 1.82) is 0 Å². The molecule has 1 aromatic heterocycles. The zero-order chi connectivity index (χ0) is 15.9. The second-order valence-electron chi connectivity index (χ2n) is 6.38. The molecule has 1 aliphatic heterocycles. The van der Waals surface area contributed by atoms with Gasteiger partial charge in [-0.3, -0.25) is 4.99 Å². The van der Waals surface area contributed by atoms with E-state index in [1.807, 2.05) is 7.05 Å². The molecule has 126 valence electrons. The maximum absolute atomic E-state index is 4.39. The van der Waals surface area contributed by atoms with Crippen LogP contribution in [0.2, 0.25) is 0 Å². The second-order valence-corrected chi connectivity index (χ2v) is 6.38. The molecule has 0 radical (unpaired) electrons. The summed E-state index contributed by atoms with van der Waals surface area (Å²) in [5.74, 6) is 3.22. The summed E-state index contributed by atoms with van der Waals surface area (Å²) >= 11 is 0. The highest BCUT2D eigenvalue weighted by Crippen LogP contribution is 2.15. The lowest BCUT2D eigenvalue weighted by molar-refractivity contribution is 0.590. The van der Waals surface area contributed by atoms with Gasteiger partial charge in [0.1, 0.15) is 11.6 Å². The topological polar surface area (TPSA) is 67.1 Å². The molecule has 3 rings (SSSR count). The summed E-state index contributed by atoms with van der Waals surface area (Å²) in [6, 6.07) is 0.494. The molecule has 0 unspecified atom stereocenters. The number of aliphatic imine (C=N–C) groups is 1. The summed E-state index contributed by atoms with van der Waals surface area (Å²) in [7, 11) is 1.83. The van der Waals surface area contributed by atoms with Crippen LogP contribution in [0.1, 0.15) is 50.2 Å². The average Bonchev–Trinajstić information content (AvgIpc) is 3.15. The molecule has 6 nitrogen and oxygen atoms in total. The molecule has 23 heavy (non-hydrogen) atoms. The maximum atomic E-state index is 4.39. The van der Waals surface area contributed by atoms with E-state index < -0.39 is 0 Å². The number of guanidine groups is 1. The lowest BCUT2D eigenvalue weighted by Crippen LogP contribution is -2.42. The molecule has 0 spiro atoms. The third-order valence-corrected chi connectivity index (χ3v) is 4.63. The largest absolute Gasteiger partial charge is 0.356 e. The molecular formula is C17H28N6. The Labute approximate surface area is 138 Å². The SMILES string of the molecule is CN=C(NCCCc1nnc2n1CCCCC2)NC1CC=CC1. The third-order valence-electron chi connectivity index (χ3n) is 4.63. The van der Waals surface area contributed by atoms with Crippen LogP contribution < -0.4 is 10.6 Å². The Morgan fingerprint density at radius 3 is 2.96 bits per heavy atom. The molecule has 0 bridgehead atoms. The number of aryl methyl sites for hydroxylation is 2. The molecular weight excluding hydrogens is 288 g/mol. The van der Waals surface area contributed by atoms with E-state index in [4.69, 9.17) is 0 Å². The highest BCUT2D eigenvalue weighted by atomic mass is 15.3. The monoisotopic (exact) mass is 316 g/mol. The van der Waals surface area contributed by atoms with Crippen LogP contribution in [0.25, 0.3) is 0 Å². The number of hydrogen-bond acceptors (Lipinski definition) is 3. The highest BCUT2D eigenvalue weighted by Gasteiger charge is 2.14. The first-order valence-corrected chi connectivity index (χ1v) is 8.90. The minimum atomic E-state index is 0.494. The van der Waals surface area contributed by atoms with Crippen LogP contribution in [-0.2, 0) is 19.4 Å². The normalized spacial score (nSPS) is 18.7. The van der Waals surface area contributed by atoms with E-state index in [1.54, 1.807) is 0 Å². The first kappa shape index (κ1) is 16.0.